The van der Waals surface area contributed by atoms with Crippen LogP contribution in [0.5, 0.6) is 0 Å². The second-order valence-electron chi connectivity index (χ2n) is 5.27. The van der Waals surface area contributed by atoms with E-state index in [1.54, 1.807) is 0 Å². The maximum Gasteiger partial charge on any atom is 0.0368 e. The summed E-state index contributed by atoms with van der Waals surface area (Å²) in [5.74, 6) is 0. The van der Waals surface area contributed by atoms with Gasteiger partial charge < -0.3 is 10.6 Å². The molecule has 1 aliphatic heterocycles. The molecule has 1 aromatic rings. The minimum atomic E-state index is 0.130. The van der Waals surface area contributed by atoms with Crippen molar-refractivity contribution in [1.82, 2.24) is 0 Å². The fourth-order valence-electron chi connectivity index (χ4n) is 2.63. The van der Waals surface area contributed by atoms with Gasteiger partial charge in [-0.2, -0.15) is 0 Å². The highest BCUT2D eigenvalue weighted by molar-refractivity contribution is 5.49. The van der Waals surface area contributed by atoms with Crippen LogP contribution in [0.3, 0.4) is 0 Å². The molecule has 94 valence electrons. The van der Waals surface area contributed by atoms with E-state index in [0.717, 1.165) is 0 Å². The molecule has 1 heterocycles. The molecule has 2 N–H and O–H groups in total. The predicted octanol–water partition coefficient (Wildman–Crippen LogP) is 3.48. The van der Waals surface area contributed by atoms with Crippen molar-refractivity contribution >= 4 is 5.69 Å². The van der Waals surface area contributed by atoms with E-state index >= 15 is 0 Å². The molecule has 2 atom stereocenters. The highest BCUT2D eigenvalue weighted by Gasteiger charge is 2.17. The number of anilines is 1. The summed E-state index contributed by atoms with van der Waals surface area (Å²) in [5, 5.41) is 0. The van der Waals surface area contributed by atoms with Gasteiger partial charge in [0.15, 0.2) is 0 Å². The number of nitrogens with two attached hydrogens (primary N) is 1. The summed E-state index contributed by atoms with van der Waals surface area (Å²) in [6, 6.07) is 9.57. The number of hydrogen-bond donors (Lipinski definition) is 1. The maximum atomic E-state index is 5.88. The Morgan fingerprint density at radius 1 is 1.18 bits per heavy atom. The Kier molecular flexibility index (Phi) is 4.06. The van der Waals surface area contributed by atoms with Gasteiger partial charge in [0.05, 0.1) is 0 Å². The molecule has 2 heteroatoms. The zero-order valence-electron chi connectivity index (χ0n) is 11.0. The molecule has 2 rings (SSSR count). The summed E-state index contributed by atoms with van der Waals surface area (Å²) in [7, 11) is 0. The highest BCUT2D eigenvalue weighted by atomic mass is 15.2. The molecule has 2 nitrogen and oxygen atoms in total. The fourth-order valence-corrected chi connectivity index (χ4v) is 2.63. The van der Waals surface area contributed by atoms with Crippen LogP contribution < -0.4 is 10.6 Å². The third-order valence-electron chi connectivity index (χ3n) is 3.80. The zero-order chi connectivity index (χ0) is 12.3. The van der Waals surface area contributed by atoms with Crippen LogP contribution in [0.2, 0.25) is 0 Å². The summed E-state index contributed by atoms with van der Waals surface area (Å²) in [5.41, 5.74) is 8.45. The summed E-state index contributed by atoms with van der Waals surface area (Å²) in [6.45, 7) is 5.56. The molecule has 0 amide bonds. The van der Waals surface area contributed by atoms with Crippen molar-refractivity contribution < 1.29 is 0 Å². The average Bonchev–Trinajstić information content (AvgIpc) is 2.54. The molecule has 0 aromatic heterocycles. The molecule has 0 radical (unpaired) electrons. The standard InChI is InChI=1S/C15H24N2/c1-12-6-4-3-5-11-17(12)15-9-7-14(8-10-15)13(2)16/h7-10,12-13H,3-6,11,16H2,1-2H3. The van der Waals surface area contributed by atoms with Gasteiger partial charge in [-0.15, -0.1) is 0 Å². The van der Waals surface area contributed by atoms with Crippen LogP contribution in [0.1, 0.15) is 51.1 Å². The Labute approximate surface area is 105 Å². The van der Waals surface area contributed by atoms with E-state index in [2.05, 4.69) is 36.1 Å². The number of hydrogen-bond acceptors (Lipinski definition) is 2. The van der Waals surface area contributed by atoms with Crippen LogP contribution in [-0.4, -0.2) is 12.6 Å². The molecule has 0 bridgehead atoms. The van der Waals surface area contributed by atoms with Crippen LogP contribution in [-0.2, 0) is 0 Å². The highest BCUT2D eigenvalue weighted by Crippen LogP contribution is 2.25. The molecule has 1 aliphatic rings. The first kappa shape index (κ1) is 12.4. The molecule has 1 saturated heterocycles. The van der Waals surface area contributed by atoms with Crippen LogP contribution in [0.4, 0.5) is 5.69 Å². The monoisotopic (exact) mass is 232 g/mol. The summed E-state index contributed by atoms with van der Waals surface area (Å²) in [4.78, 5) is 2.54. The van der Waals surface area contributed by atoms with Crippen molar-refractivity contribution in [3.05, 3.63) is 29.8 Å². The van der Waals surface area contributed by atoms with Crippen molar-refractivity contribution in [1.29, 1.82) is 0 Å². The molecule has 1 aromatic carbocycles. The van der Waals surface area contributed by atoms with E-state index in [1.165, 1.54) is 43.5 Å². The largest absolute Gasteiger partial charge is 0.369 e. The Morgan fingerprint density at radius 2 is 1.88 bits per heavy atom. The Hall–Kier alpha value is -1.02. The molecule has 1 fully saturated rings. The number of benzene rings is 1. The number of nitrogens with zero attached hydrogens (tertiary/aromatic N) is 1. The Balaban J connectivity index is 2.14. The maximum absolute atomic E-state index is 5.88. The van der Waals surface area contributed by atoms with Gasteiger partial charge in [0.1, 0.15) is 0 Å². The molecular formula is C15H24N2. The molecule has 0 aliphatic carbocycles. The van der Waals surface area contributed by atoms with E-state index in [-0.39, 0.29) is 6.04 Å². The van der Waals surface area contributed by atoms with Crippen molar-refractivity contribution in [2.45, 2.75) is 51.6 Å². The summed E-state index contributed by atoms with van der Waals surface area (Å²) < 4.78 is 0. The van der Waals surface area contributed by atoms with E-state index in [9.17, 15) is 0 Å². The minimum absolute atomic E-state index is 0.130. The molecular weight excluding hydrogens is 208 g/mol. The normalized spacial score (nSPS) is 23.2. The van der Waals surface area contributed by atoms with Gasteiger partial charge >= 0.3 is 0 Å². The molecule has 2 unspecified atom stereocenters. The van der Waals surface area contributed by atoms with Gasteiger partial charge in [0, 0.05) is 24.3 Å². The third-order valence-corrected chi connectivity index (χ3v) is 3.80. The topological polar surface area (TPSA) is 29.3 Å². The van der Waals surface area contributed by atoms with E-state index < -0.39 is 0 Å². The van der Waals surface area contributed by atoms with Crippen molar-refractivity contribution in [3.63, 3.8) is 0 Å². The lowest BCUT2D eigenvalue weighted by Crippen LogP contribution is -2.32. The lowest BCUT2D eigenvalue weighted by atomic mass is 10.1. The van der Waals surface area contributed by atoms with Gasteiger partial charge in [0.25, 0.3) is 0 Å². The molecule has 17 heavy (non-hydrogen) atoms. The summed E-state index contributed by atoms with van der Waals surface area (Å²) >= 11 is 0. The molecule has 0 spiro atoms. The second kappa shape index (κ2) is 5.54. The number of rotatable bonds is 2. The summed E-state index contributed by atoms with van der Waals surface area (Å²) in [6.07, 6.45) is 5.38. The van der Waals surface area contributed by atoms with E-state index in [1.807, 2.05) is 6.92 Å². The van der Waals surface area contributed by atoms with E-state index in [0.29, 0.717) is 6.04 Å². The zero-order valence-corrected chi connectivity index (χ0v) is 11.0. The second-order valence-corrected chi connectivity index (χ2v) is 5.27. The third kappa shape index (κ3) is 3.01. The fraction of sp³-hybridized carbons (Fsp3) is 0.600. The van der Waals surface area contributed by atoms with Crippen molar-refractivity contribution in [2.75, 3.05) is 11.4 Å². The van der Waals surface area contributed by atoms with Crippen LogP contribution in [0, 0.1) is 0 Å². The van der Waals surface area contributed by atoms with Crippen LogP contribution in [0.15, 0.2) is 24.3 Å². The first-order valence-electron chi connectivity index (χ1n) is 6.80. The Morgan fingerprint density at radius 3 is 2.53 bits per heavy atom. The molecule has 0 saturated carbocycles. The SMILES string of the molecule is CC(N)c1ccc(N2CCCCCC2C)cc1. The van der Waals surface area contributed by atoms with Gasteiger partial charge in [0.2, 0.25) is 0 Å². The van der Waals surface area contributed by atoms with Gasteiger partial charge in [-0.3, -0.25) is 0 Å². The quantitative estimate of drug-likeness (QED) is 0.846. The lowest BCUT2D eigenvalue weighted by molar-refractivity contribution is 0.616. The van der Waals surface area contributed by atoms with Gasteiger partial charge in [-0.05, 0) is 44.4 Å². The lowest BCUT2D eigenvalue weighted by Gasteiger charge is -2.29. The van der Waals surface area contributed by atoms with Gasteiger partial charge in [-0.25, -0.2) is 0 Å². The van der Waals surface area contributed by atoms with Crippen LogP contribution in [0.25, 0.3) is 0 Å². The predicted molar refractivity (Wildman–Crippen MR) is 74.3 cm³/mol. The minimum Gasteiger partial charge on any atom is -0.369 e. The van der Waals surface area contributed by atoms with E-state index in [4.69, 9.17) is 5.73 Å². The average molecular weight is 232 g/mol. The van der Waals surface area contributed by atoms with Crippen molar-refractivity contribution in [2.24, 2.45) is 5.73 Å². The first-order valence-corrected chi connectivity index (χ1v) is 6.80. The van der Waals surface area contributed by atoms with Crippen LogP contribution >= 0.6 is 0 Å². The Bertz CT molecular complexity index is 342. The van der Waals surface area contributed by atoms with Crippen molar-refractivity contribution in [3.8, 4) is 0 Å². The first-order chi connectivity index (χ1) is 8.18. The smallest absolute Gasteiger partial charge is 0.0368 e. The van der Waals surface area contributed by atoms with Gasteiger partial charge in [-0.1, -0.05) is 25.0 Å².